The molecule has 0 saturated carbocycles. The van der Waals surface area contributed by atoms with Crippen molar-refractivity contribution < 1.29 is 4.79 Å². The van der Waals surface area contributed by atoms with Crippen molar-refractivity contribution >= 4 is 28.5 Å². The number of carbonyl (C=O) groups is 1. The van der Waals surface area contributed by atoms with Crippen LogP contribution in [0, 0.1) is 0 Å². The zero-order valence-electron chi connectivity index (χ0n) is 5.90. The average Bonchev–Trinajstić information content (AvgIpc) is 1.90. The molecule has 3 heteroatoms. The number of alkyl halides is 1. The van der Waals surface area contributed by atoms with Gasteiger partial charge in [-0.2, -0.15) is 0 Å². The zero-order chi connectivity index (χ0) is 7.40. The van der Waals surface area contributed by atoms with E-state index in [9.17, 15) is 4.79 Å². The largest absolute Gasteiger partial charge is 0.356 e. The van der Waals surface area contributed by atoms with Gasteiger partial charge in [-0.15, -0.1) is 0 Å². The lowest BCUT2D eigenvalue weighted by Crippen LogP contribution is -2.27. The number of amides is 1. The Balaban J connectivity index is 2.29. The van der Waals surface area contributed by atoms with E-state index in [1.807, 2.05) is 0 Å². The summed E-state index contributed by atoms with van der Waals surface area (Å²) in [6, 6.07) is 0. The van der Waals surface area contributed by atoms with Crippen LogP contribution < -0.4 is 5.32 Å². The van der Waals surface area contributed by atoms with Crippen molar-refractivity contribution in [1.82, 2.24) is 5.32 Å². The summed E-state index contributed by atoms with van der Waals surface area (Å²) >= 11 is 2.43. The molecule has 0 aliphatic carbocycles. The van der Waals surface area contributed by atoms with E-state index in [4.69, 9.17) is 0 Å². The fraction of sp³-hybridized carbons (Fsp3) is 0.857. The molecule has 1 heterocycles. The molecule has 1 aliphatic heterocycles. The fourth-order valence-corrected chi connectivity index (χ4v) is 1.82. The number of carbonyl (C=O) groups excluding carboxylic acids is 1. The lowest BCUT2D eigenvalue weighted by atomic mass is 10.1. The van der Waals surface area contributed by atoms with Crippen LogP contribution in [-0.4, -0.2) is 16.4 Å². The first kappa shape index (κ1) is 8.30. The maximum atomic E-state index is 10.9. The maximum absolute atomic E-state index is 10.9. The third-order valence-corrected chi connectivity index (χ3v) is 2.95. The van der Waals surface area contributed by atoms with Gasteiger partial charge in [0.15, 0.2) is 0 Å². The predicted molar refractivity (Wildman–Crippen MR) is 49.3 cm³/mol. The van der Waals surface area contributed by atoms with Gasteiger partial charge in [-0.25, -0.2) is 0 Å². The third kappa shape index (κ3) is 2.86. The molecule has 2 nitrogen and oxygen atoms in total. The normalized spacial score (nSPS) is 28.5. The molecular formula is C7H12INO. The number of hydrogen-bond acceptors (Lipinski definition) is 1. The lowest BCUT2D eigenvalue weighted by Gasteiger charge is -2.13. The minimum atomic E-state index is 0.223. The number of hydrogen-bond donors (Lipinski definition) is 1. The van der Waals surface area contributed by atoms with E-state index in [0.717, 1.165) is 19.4 Å². The molecule has 1 fully saturated rings. The highest BCUT2D eigenvalue weighted by atomic mass is 127. The van der Waals surface area contributed by atoms with E-state index < -0.39 is 0 Å². The van der Waals surface area contributed by atoms with E-state index in [-0.39, 0.29) is 5.91 Å². The zero-order valence-corrected chi connectivity index (χ0v) is 8.06. The van der Waals surface area contributed by atoms with Gasteiger partial charge in [-0.05, 0) is 19.3 Å². The first-order chi connectivity index (χ1) is 4.79. The summed E-state index contributed by atoms with van der Waals surface area (Å²) < 4.78 is 0.712. The van der Waals surface area contributed by atoms with Crippen LogP contribution in [0.1, 0.15) is 25.7 Å². The van der Waals surface area contributed by atoms with Gasteiger partial charge < -0.3 is 5.32 Å². The van der Waals surface area contributed by atoms with Gasteiger partial charge >= 0.3 is 0 Å². The van der Waals surface area contributed by atoms with Crippen LogP contribution in [0.15, 0.2) is 0 Å². The van der Waals surface area contributed by atoms with Crippen LogP contribution in [0.4, 0.5) is 0 Å². The first-order valence-electron chi connectivity index (χ1n) is 3.70. The van der Waals surface area contributed by atoms with Gasteiger partial charge in [0.25, 0.3) is 0 Å². The Bertz CT molecular complexity index is 127. The summed E-state index contributed by atoms with van der Waals surface area (Å²) in [6.07, 6.45) is 4.15. The molecule has 0 spiro atoms. The second kappa shape index (κ2) is 4.16. The lowest BCUT2D eigenvalue weighted by molar-refractivity contribution is -0.121. The summed E-state index contributed by atoms with van der Waals surface area (Å²) in [5.41, 5.74) is 0. The van der Waals surface area contributed by atoms with Crippen molar-refractivity contribution in [3.63, 3.8) is 0 Å². The van der Waals surface area contributed by atoms with Crippen molar-refractivity contribution in [2.45, 2.75) is 29.6 Å². The van der Waals surface area contributed by atoms with Gasteiger partial charge in [0.1, 0.15) is 0 Å². The highest BCUT2D eigenvalue weighted by molar-refractivity contribution is 14.1. The number of nitrogens with one attached hydrogen (secondary N) is 1. The van der Waals surface area contributed by atoms with Gasteiger partial charge in [0.05, 0.1) is 0 Å². The molecule has 10 heavy (non-hydrogen) atoms. The van der Waals surface area contributed by atoms with Crippen LogP contribution in [0.5, 0.6) is 0 Å². The molecule has 1 aliphatic rings. The summed E-state index contributed by atoms with van der Waals surface area (Å²) in [6.45, 7) is 0.873. The standard InChI is InChI=1S/C7H12INO/c8-6-2-1-5-9-7(10)4-3-6/h6H,1-5H2,(H,9,10). The summed E-state index contributed by atoms with van der Waals surface area (Å²) in [7, 11) is 0. The average molecular weight is 253 g/mol. The minimum absolute atomic E-state index is 0.223. The topological polar surface area (TPSA) is 29.1 Å². The molecule has 1 unspecified atom stereocenters. The van der Waals surface area contributed by atoms with Gasteiger partial charge in [-0.3, -0.25) is 4.79 Å². The van der Waals surface area contributed by atoms with Crippen LogP contribution in [0.25, 0.3) is 0 Å². The quantitative estimate of drug-likeness (QED) is 0.514. The van der Waals surface area contributed by atoms with Gasteiger partial charge in [0.2, 0.25) is 5.91 Å². The molecule has 1 rings (SSSR count). The molecule has 0 aromatic rings. The Morgan fingerprint density at radius 2 is 2.30 bits per heavy atom. The van der Waals surface area contributed by atoms with E-state index >= 15 is 0 Å². The molecule has 1 amide bonds. The number of rotatable bonds is 0. The smallest absolute Gasteiger partial charge is 0.220 e. The molecule has 0 radical (unpaired) electrons. The van der Waals surface area contributed by atoms with Crippen molar-refractivity contribution in [1.29, 1.82) is 0 Å². The molecule has 58 valence electrons. The van der Waals surface area contributed by atoms with Crippen LogP contribution in [0.3, 0.4) is 0 Å². The SMILES string of the molecule is O=C1CCC(I)CCCN1. The Morgan fingerprint density at radius 1 is 1.50 bits per heavy atom. The molecule has 1 saturated heterocycles. The second-order valence-electron chi connectivity index (χ2n) is 2.63. The summed E-state index contributed by atoms with van der Waals surface area (Å²) in [5.74, 6) is 0.223. The first-order valence-corrected chi connectivity index (χ1v) is 4.94. The van der Waals surface area contributed by atoms with E-state index in [0.29, 0.717) is 10.3 Å². The molecule has 1 N–H and O–H groups in total. The van der Waals surface area contributed by atoms with E-state index in [1.165, 1.54) is 6.42 Å². The molecule has 0 bridgehead atoms. The van der Waals surface area contributed by atoms with Gasteiger partial charge in [-0.1, -0.05) is 22.6 Å². The molecule has 0 aromatic carbocycles. The van der Waals surface area contributed by atoms with E-state index in [1.54, 1.807) is 0 Å². The molecule has 0 aromatic heterocycles. The fourth-order valence-electron chi connectivity index (χ4n) is 1.07. The predicted octanol–water partition coefficient (Wildman–Crippen LogP) is 1.48. The van der Waals surface area contributed by atoms with Crippen LogP contribution in [-0.2, 0) is 4.79 Å². The van der Waals surface area contributed by atoms with Crippen molar-refractivity contribution in [3.8, 4) is 0 Å². The van der Waals surface area contributed by atoms with E-state index in [2.05, 4.69) is 27.9 Å². The molecule has 1 atom stereocenters. The third-order valence-electron chi connectivity index (χ3n) is 1.70. The monoisotopic (exact) mass is 253 g/mol. The Morgan fingerprint density at radius 3 is 3.10 bits per heavy atom. The van der Waals surface area contributed by atoms with Crippen molar-refractivity contribution in [3.05, 3.63) is 0 Å². The molecular weight excluding hydrogens is 241 g/mol. The second-order valence-corrected chi connectivity index (χ2v) is 4.39. The van der Waals surface area contributed by atoms with Crippen molar-refractivity contribution in [2.75, 3.05) is 6.54 Å². The highest BCUT2D eigenvalue weighted by Crippen LogP contribution is 2.16. The Hall–Kier alpha value is 0.200. The minimum Gasteiger partial charge on any atom is -0.356 e. The Labute approximate surface area is 74.9 Å². The van der Waals surface area contributed by atoms with Gasteiger partial charge in [0, 0.05) is 16.9 Å². The van der Waals surface area contributed by atoms with Crippen LogP contribution >= 0.6 is 22.6 Å². The maximum Gasteiger partial charge on any atom is 0.220 e. The highest BCUT2D eigenvalue weighted by Gasteiger charge is 2.10. The number of halogens is 1. The van der Waals surface area contributed by atoms with Crippen LogP contribution in [0.2, 0.25) is 0 Å². The Kier molecular flexibility index (Phi) is 3.45. The summed E-state index contributed by atoms with van der Waals surface area (Å²) in [5, 5.41) is 2.86. The van der Waals surface area contributed by atoms with Crippen molar-refractivity contribution in [2.24, 2.45) is 0 Å². The summed E-state index contributed by atoms with van der Waals surface area (Å²) in [4.78, 5) is 10.9.